The predicted octanol–water partition coefficient (Wildman–Crippen LogP) is 2.56. The van der Waals surface area contributed by atoms with Gasteiger partial charge in [0.1, 0.15) is 5.75 Å². The highest BCUT2D eigenvalue weighted by Crippen LogP contribution is 2.17. The van der Waals surface area contributed by atoms with Crippen molar-refractivity contribution in [3.8, 4) is 5.75 Å². The van der Waals surface area contributed by atoms with Gasteiger partial charge in [0.15, 0.2) is 5.96 Å². The van der Waals surface area contributed by atoms with Crippen molar-refractivity contribution in [2.24, 2.45) is 4.99 Å². The van der Waals surface area contributed by atoms with E-state index in [0.717, 1.165) is 16.2 Å². The number of ether oxygens (including phenoxy) is 1. The van der Waals surface area contributed by atoms with E-state index in [-0.39, 0.29) is 0 Å². The molecule has 0 fully saturated rings. The molecule has 0 aliphatic carbocycles. The summed E-state index contributed by atoms with van der Waals surface area (Å²) in [6.45, 7) is 3.79. The van der Waals surface area contributed by atoms with E-state index < -0.39 is 10.8 Å². The molecule has 0 saturated carbocycles. The molecule has 0 heterocycles. The normalized spacial score (nSPS) is 12.5. The van der Waals surface area contributed by atoms with Crippen LogP contribution in [0.1, 0.15) is 12.5 Å². The third-order valence-corrected chi connectivity index (χ3v) is 4.90. The smallest absolute Gasteiger partial charge is 0.191 e. The van der Waals surface area contributed by atoms with Crippen LogP contribution in [0.3, 0.4) is 0 Å². The van der Waals surface area contributed by atoms with E-state index >= 15 is 0 Å². The van der Waals surface area contributed by atoms with Gasteiger partial charge in [0.25, 0.3) is 0 Å². The van der Waals surface area contributed by atoms with E-state index in [9.17, 15) is 4.21 Å². The molecule has 1 atom stereocenters. The molecular weight excluding hydrogens is 334 g/mol. The molecule has 0 aromatic heterocycles. The van der Waals surface area contributed by atoms with Gasteiger partial charge in [-0.25, -0.2) is 0 Å². The van der Waals surface area contributed by atoms with Crippen LogP contribution in [-0.2, 0) is 17.3 Å². The van der Waals surface area contributed by atoms with Gasteiger partial charge in [0.05, 0.1) is 17.4 Å². The van der Waals surface area contributed by atoms with Crippen molar-refractivity contribution in [2.75, 3.05) is 26.0 Å². The Kier molecular flexibility index (Phi) is 7.98. The minimum absolute atomic E-state index is 0.528. The summed E-state index contributed by atoms with van der Waals surface area (Å²) in [5.41, 5.74) is 1.07. The van der Waals surface area contributed by atoms with E-state index in [4.69, 9.17) is 4.74 Å². The van der Waals surface area contributed by atoms with Crippen molar-refractivity contribution in [1.82, 2.24) is 10.6 Å². The van der Waals surface area contributed by atoms with Gasteiger partial charge in [-0.1, -0.05) is 36.4 Å². The Morgan fingerprint density at radius 2 is 1.80 bits per heavy atom. The fraction of sp³-hybridized carbons (Fsp3) is 0.316. The van der Waals surface area contributed by atoms with Gasteiger partial charge >= 0.3 is 0 Å². The molecule has 1 unspecified atom stereocenters. The highest BCUT2D eigenvalue weighted by Gasteiger charge is 2.06. The standard InChI is InChI=1S/C19H25N3O2S/c1-3-24-18-12-8-7-9-16(18)15-22-19(20-2)21-13-14-25(23)17-10-5-4-6-11-17/h4-12H,3,13-15H2,1-2H3,(H2,20,21,22). The number of benzene rings is 2. The molecule has 2 N–H and O–H groups in total. The Morgan fingerprint density at radius 3 is 2.52 bits per heavy atom. The van der Waals surface area contributed by atoms with Crippen LogP contribution in [0.5, 0.6) is 5.75 Å². The maximum absolute atomic E-state index is 12.2. The number of rotatable bonds is 8. The van der Waals surface area contributed by atoms with Crippen molar-refractivity contribution in [2.45, 2.75) is 18.4 Å². The maximum Gasteiger partial charge on any atom is 0.191 e. The van der Waals surface area contributed by atoms with Crippen LogP contribution in [0.4, 0.5) is 0 Å². The number of hydrogen-bond acceptors (Lipinski definition) is 3. The van der Waals surface area contributed by atoms with Crippen LogP contribution >= 0.6 is 0 Å². The first-order valence-electron chi connectivity index (χ1n) is 8.33. The minimum atomic E-state index is -1.01. The fourth-order valence-corrected chi connectivity index (χ4v) is 3.28. The summed E-state index contributed by atoms with van der Waals surface area (Å²) in [6.07, 6.45) is 0. The number of guanidine groups is 1. The molecule has 0 radical (unpaired) electrons. The number of hydrogen-bond donors (Lipinski definition) is 2. The zero-order chi connectivity index (χ0) is 17.9. The second-order valence-electron chi connectivity index (χ2n) is 5.26. The van der Waals surface area contributed by atoms with Crippen LogP contribution in [0.2, 0.25) is 0 Å². The lowest BCUT2D eigenvalue weighted by Crippen LogP contribution is -2.38. The summed E-state index contributed by atoms with van der Waals surface area (Å²) in [4.78, 5) is 5.05. The SMILES string of the molecule is CCOc1ccccc1CNC(=NC)NCCS(=O)c1ccccc1. The molecule has 0 saturated heterocycles. The van der Waals surface area contributed by atoms with Crippen molar-refractivity contribution < 1.29 is 8.95 Å². The van der Waals surface area contributed by atoms with Crippen molar-refractivity contribution in [3.05, 3.63) is 60.2 Å². The molecule has 0 bridgehead atoms. The maximum atomic E-state index is 12.2. The summed E-state index contributed by atoms with van der Waals surface area (Å²) in [6, 6.07) is 17.4. The largest absolute Gasteiger partial charge is 0.494 e. The van der Waals surface area contributed by atoms with Gasteiger partial charge < -0.3 is 15.4 Å². The van der Waals surface area contributed by atoms with E-state index in [1.165, 1.54) is 0 Å². The summed E-state index contributed by atoms with van der Waals surface area (Å²) >= 11 is 0. The predicted molar refractivity (Wildman–Crippen MR) is 104 cm³/mol. The second-order valence-corrected chi connectivity index (χ2v) is 6.83. The molecule has 0 aliphatic heterocycles. The zero-order valence-corrected chi connectivity index (χ0v) is 15.5. The molecule has 2 aromatic rings. The number of aliphatic imine (C=N–C) groups is 1. The average Bonchev–Trinajstić information content (AvgIpc) is 2.66. The summed E-state index contributed by atoms with van der Waals surface area (Å²) in [7, 11) is 0.707. The molecule has 2 aromatic carbocycles. The second kappa shape index (κ2) is 10.5. The number of nitrogens with one attached hydrogen (secondary N) is 2. The van der Waals surface area contributed by atoms with Crippen LogP contribution in [-0.4, -0.2) is 36.1 Å². The Labute approximate surface area is 152 Å². The molecule has 0 spiro atoms. The highest BCUT2D eigenvalue weighted by atomic mass is 32.2. The van der Waals surface area contributed by atoms with E-state index in [0.29, 0.717) is 31.4 Å². The van der Waals surface area contributed by atoms with Crippen LogP contribution in [0.15, 0.2) is 64.5 Å². The minimum Gasteiger partial charge on any atom is -0.494 e. The molecule has 5 nitrogen and oxygen atoms in total. The fourth-order valence-electron chi connectivity index (χ4n) is 2.30. The van der Waals surface area contributed by atoms with Crippen LogP contribution in [0.25, 0.3) is 0 Å². The van der Waals surface area contributed by atoms with Crippen molar-refractivity contribution >= 4 is 16.8 Å². The quantitative estimate of drug-likeness (QED) is 0.562. The Hall–Kier alpha value is -2.34. The first kappa shape index (κ1) is 19.0. The monoisotopic (exact) mass is 359 g/mol. The van der Waals surface area contributed by atoms with Gasteiger partial charge in [0, 0.05) is 36.3 Å². The highest BCUT2D eigenvalue weighted by molar-refractivity contribution is 7.85. The number of nitrogens with zero attached hydrogens (tertiary/aromatic N) is 1. The van der Waals surface area contributed by atoms with Gasteiger partial charge in [-0.05, 0) is 25.1 Å². The number of para-hydroxylation sites is 1. The molecule has 25 heavy (non-hydrogen) atoms. The van der Waals surface area contributed by atoms with Crippen molar-refractivity contribution in [1.29, 1.82) is 0 Å². The van der Waals surface area contributed by atoms with E-state index in [1.807, 2.05) is 61.5 Å². The Balaban J connectivity index is 1.80. The first-order valence-corrected chi connectivity index (χ1v) is 9.65. The molecule has 0 aliphatic rings. The summed E-state index contributed by atoms with van der Waals surface area (Å²) < 4.78 is 17.8. The lowest BCUT2D eigenvalue weighted by atomic mass is 10.2. The topological polar surface area (TPSA) is 62.7 Å². The van der Waals surface area contributed by atoms with E-state index in [2.05, 4.69) is 15.6 Å². The summed E-state index contributed by atoms with van der Waals surface area (Å²) in [5.74, 6) is 2.08. The Morgan fingerprint density at radius 1 is 1.08 bits per heavy atom. The van der Waals surface area contributed by atoms with E-state index in [1.54, 1.807) is 7.05 Å². The molecule has 6 heteroatoms. The average molecular weight is 359 g/mol. The van der Waals surface area contributed by atoms with Gasteiger partial charge in [-0.3, -0.25) is 9.20 Å². The lowest BCUT2D eigenvalue weighted by molar-refractivity contribution is 0.336. The molecule has 0 amide bonds. The Bertz CT molecular complexity index is 705. The van der Waals surface area contributed by atoms with Gasteiger partial charge in [-0.2, -0.15) is 0 Å². The van der Waals surface area contributed by atoms with Crippen LogP contribution in [0, 0.1) is 0 Å². The van der Waals surface area contributed by atoms with Gasteiger partial charge in [0.2, 0.25) is 0 Å². The molecule has 134 valence electrons. The molecular formula is C19H25N3O2S. The third-order valence-electron chi connectivity index (χ3n) is 3.53. The summed E-state index contributed by atoms with van der Waals surface area (Å²) in [5, 5.41) is 6.45. The lowest BCUT2D eigenvalue weighted by Gasteiger charge is -2.14. The zero-order valence-electron chi connectivity index (χ0n) is 14.7. The molecule has 2 rings (SSSR count). The van der Waals surface area contributed by atoms with Crippen molar-refractivity contribution in [3.63, 3.8) is 0 Å². The van der Waals surface area contributed by atoms with Crippen LogP contribution < -0.4 is 15.4 Å². The third kappa shape index (κ3) is 6.23. The van der Waals surface area contributed by atoms with Gasteiger partial charge in [-0.15, -0.1) is 0 Å². The first-order chi connectivity index (χ1) is 12.2.